The molecule has 0 N–H and O–H groups in total. The average Bonchev–Trinajstić information content (AvgIpc) is 3.51. The molecule has 1 aliphatic heterocycles. The summed E-state index contributed by atoms with van der Waals surface area (Å²) < 4.78 is 40.7. The van der Waals surface area contributed by atoms with Crippen molar-refractivity contribution in [1.29, 1.82) is 0 Å². The normalized spacial score (nSPS) is 15.4. The van der Waals surface area contributed by atoms with Crippen molar-refractivity contribution in [3.05, 3.63) is 48.2 Å². The zero-order chi connectivity index (χ0) is 23.7. The number of hydrogen-bond acceptors (Lipinski definition) is 9. The number of sulfonamides is 1. The fraction of sp³-hybridized carbons (Fsp3) is 0.318. The van der Waals surface area contributed by atoms with Gasteiger partial charge >= 0.3 is 0 Å². The van der Waals surface area contributed by atoms with Gasteiger partial charge in [0, 0.05) is 37.9 Å². The lowest BCUT2D eigenvalue weighted by molar-refractivity contribution is 0.355. The van der Waals surface area contributed by atoms with Crippen LogP contribution in [0.4, 0.5) is 5.82 Å². The largest absolute Gasteiger partial charge is 0.493 e. The molecule has 0 amide bonds. The fourth-order valence-electron chi connectivity index (χ4n) is 4.16. The van der Waals surface area contributed by atoms with Crippen molar-refractivity contribution in [3.63, 3.8) is 0 Å². The summed E-state index contributed by atoms with van der Waals surface area (Å²) in [6.45, 7) is 1.98. The molecule has 10 nitrogen and oxygen atoms in total. The molecule has 1 fully saturated rings. The molecular formula is C22H24N6O4S2. The molecule has 0 aliphatic carbocycles. The molecule has 4 heterocycles. The average molecular weight is 501 g/mol. The number of ether oxygens (including phenoxy) is 2. The van der Waals surface area contributed by atoms with Crippen LogP contribution in [0.3, 0.4) is 0 Å². The Hall–Kier alpha value is -3.22. The van der Waals surface area contributed by atoms with Gasteiger partial charge < -0.3 is 14.4 Å². The zero-order valence-electron chi connectivity index (χ0n) is 18.8. The highest BCUT2D eigenvalue weighted by molar-refractivity contribution is 7.91. The second kappa shape index (κ2) is 9.20. The number of nitrogens with zero attached hydrogens (tertiary/aromatic N) is 6. The topological polar surface area (TPSA) is 102 Å². The molecule has 12 heteroatoms. The van der Waals surface area contributed by atoms with Crippen LogP contribution in [0.25, 0.3) is 16.9 Å². The summed E-state index contributed by atoms with van der Waals surface area (Å²) in [7, 11) is -0.318. The molecule has 1 aromatic carbocycles. The molecule has 0 saturated carbocycles. The van der Waals surface area contributed by atoms with Crippen molar-refractivity contribution in [3.8, 4) is 22.6 Å². The first-order chi connectivity index (χ1) is 16.5. The maximum atomic E-state index is 13.1. The second-order valence-electron chi connectivity index (χ2n) is 7.71. The van der Waals surface area contributed by atoms with Crippen LogP contribution < -0.4 is 14.4 Å². The summed E-state index contributed by atoms with van der Waals surface area (Å²) in [5.41, 5.74) is 1.72. The summed E-state index contributed by atoms with van der Waals surface area (Å²) >= 11 is 1.24. The van der Waals surface area contributed by atoms with Crippen molar-refractivity contribution in [2.75, 3.05) is 45.3 Å². The number of fused-ring (bicyclic) bond motifs is 1. The zero-order valence-corrected chi connectivity index (χ0v) is 20.4. The molecule has 0 spiro atoms. The van der Waals surface area contributed by atoms with Gasteiger partial charge in [0.05, 0.1) is 14.2 Å². The molecule has 178 valence electrons. The monoisotopic (exact) mass is 500 g/mol. The van der Waals surface area contributed by atoms with E-state index in [4.69, 9.17) is 9.47 Å². The van der Waals surface area contributed by atoms with Gasteiger partial charge in [0.25, 0.3) is 15.8 Å². The molecule has 0 radical (unpaired) electrons. The van der Waals surface area contributed by atoms with E-state index in [0.29, 0.717) is 54.1 Å². The van der Waals surface area contributed by atoms with Crippen LogP contribution >= 0.6 is 11.3 Å². The van der Waals surface area contributed by atoms with Crippen molar-refractivity contribution in [2.24, 2.45) is 0 Å². The highest BCUT2D eigenvalue weighted by Crippen LogP contribution is 2.37. The summed E-state index contributed by atoms with van der Waals surface area (Å²) in [6.07, 6.45) is 3.91. The molecule has 0 unspecified atom stereocenters. The highest BCUT2D eigenvalue weighted by atomic mass is 32.2. The third-order valence-electron chi connectivity index (χ3n) is 5.82. The lowest BCUT2D eigenvalue weighted by Gasteiger charge is -2.26. The quantitative estimate of drug-likeness (QED) is 0.398. The van der Waals surface area contributed by atoms with Crippen LogP contribution in [0.5, 0.6) is 11.5 Å². The van der Waals surface area contributed by atoms with Gasteiger partial charge in [0.2, 0.25) is 0 Å². The lowest BCUT2D eigenvalue weighted by atomic mass is 10.1. The van der Waals surface area contributed by atoms with Gasteiger partial charge in [-0.1, -0.05) is 12.1 Å². The van der Waals surface area contributed by atoms with Crippen LogP contribution in [0.15, 0.2) is 52.4 Å². The SMILES string of the molecule is COc1ccc(-c2cnc3ncnn3c2N2CCCN(S(=O)(=O)c3cccs3)CC2)cc1OC. The van der Waals surface area contributed by atoms with Crippen molar-refractivity contribution in [1.82, 2.24) is 23.9 Å². The van der Waals surface area contributed by atoms with E-state index in [0.717, 1.165) is 16.9 Å². The van der Waals surface area contributed by atoms with E-state index in [1.54, 1.807) is 46.7 Å². The van der Waals surface area contributed by atoms with E-state index in [1.807, 2.05) is 18.2 Å². The summed E-state index contributed by atoms with van der Waals surface area (Å²) in [5.74, 6) is 2.53. The van der Waals surface area contributed by atoms with E-state index < -0.39 is 10.0 Å². The smallest absolute Gasteiger partial charge is 0.254 e. The second-order valence-corrected chi connectivity index (χ2v) is 10.8. The molecule has 1 aliphatic rings. The summed E-state index contributed by atoms with van der Waals surface area (Å²) in [6, 6.07) is 9.10. The summed E-state index contributed by atoms with van der Waals surface area (Å²) in [4.78, 5) is 10.9. The maximum absolute atomic E-state index is 13.1. The Morgan fingerprint density at radius 3 is 2.62 bits per heavy atom. The van der Waals surface area contributed by atoms with Gasteiger partial charge in [-0.05, 0) is 35.6 Å². The number of thiophene rings is 1. The Bertz CT molecular complexity index is 1400. The number of rotatable bonds is 6. The Morgan fingerprint density at radius 2 is 1.85 bits per heavy atom. The molecule has 3 aromatic heterocycles. The van der Waals surface area contributed by atoms with Crippen LogP contribution in [0.2, 0.25) is 0 Å². The third-order valence-corrected chi connectivity index (χ3v) is 9.09. The molecule has 0 atom stereocenters. The predicted octanol–water partition coefficient (Wildman–Crippen LogP) is 2.77. The Balaban J connectivity index is 1.53. The Labute approximate surface area is 201 Å². The number of benzene rings is 1. The predicted molar refractivity (Wildman–Crippen MR) is 129 cm³/mol. The van der Waals surface area contributed by atoms with Crippen LogP contribution in [-0.2, 0) is 10.0 Å². The number of aromatic nitrogens is 4. The van der Waals surface area contributed by atoms with E-state index in [2.05, 4.69) is 20.0 Å². The first-order valence-corrected chi connectivity index (χ1v) is 13.0. The van der Waals surface area contributed by atoms with E-state index >= 15 is 0 Å². The number of anilines is 1. The number of methoxy groups -OCH3 is 2. The van der Waals surface area contributed by atoms with Crippen LogP contribution in [0.1, 0.15) is 6.42 Å². The minimum absolute atomic E-state index is 0.365. The lowest BCUT2D eigenvalue weighted by Crippen LogP contribution is -2.35. The molecule has 34 heavy (non-hydrogen) atoms. The van der Waals surface area contributed by atoms with Gasteiger partial charge in [-0.15, -0.1) is 11.3 Å². The van der Waals surface area contributed by atoms with Crippen LogP contribution in [0, 0.1) is 0 Å². The fourth-order valence-corrected chi connectivity index (χ4v) is 6.78. The van der Waals surface area contributed by atoms with Crippen molar-refractivity contribution in [2.45, 2.75) is 10.6 Å². The van der Waals surface area contributed by atoms with Gasteiger partial charge in [-0.2, -0.15) is 18.9 Å². The summed E-state index contributed by atoms with van der Waals surface area (Å²) in [5, 5.41) is 6.19. The molecule has 0 bridgehead atoms. The molecular weight excluding hydrogens is 476 g/mol. The first-order valence-electron chi connectivity index (χ1n) is 10.7. The first kappa shape index (κ1) is 22.6. The van der Waals surface area contributed by atoms with Crippen molar-refractivity contribution < 1.29 is 17.9 Å². The highest BCUT2D eigenvalue weighted by Gasteiger charge is 2.29. The van der Waals surface area contributed by atoms with Gasteiger partial charge in [0.15, 0.2) is 11.5 Å². The van der Waals surface area contributed by atoms with E-state index in [1.165, 1.54) is 17.7 Å². The number of hydrogen-bond donors (Lipinski definition) is 0. The Kier molecular flexibility index (Phi) is 6.11. The minimum Gasteiger partial charge on any atom is -0.493 e. The molecule has 5 rings (SSSR count). The Morgan fingerprint density at radius 1 is 1.00 bits per heavy atom. The maximum Gasteiger partial charge on any atom is 0.254 e. The standard InChI is InChI=1S/C22H24N6O4S2/c1-31-18-7-6-16(13-19(18)32-2)17-14-23-22-24-15-25-28(22)21(17)26-8-4-9-27(11-10-26)34(29,30)20-5-3-12-33-20/h3,5-7,12-15H,4,8-11H2,1-2H3. The molecule has 1 saturated heterocycles. The van der Waals surface area contributed by atoms with Gasteiger partial charge in [0.1, 0.15) is 16.4 Å². The third kappa shape index (κ3) is 3.97. The van der Waals surface area contributed by atoms with Gasteiger partial charge in [-0.3, -0.25) is 0 Å². The van der Waals surface area contributed by atoms with Crippen molar-refractivity contribution >= 4 is 33.0 Å². The van der Waals surface area contributed by atoms with Gasteiger partial charge in [-0.25, -0.2) is 13.4 Å². The minimum atomic E-state index is -3.51. The van der Waals surface area contributed by atoms with E-state index in [-0.39, 0.29) is 0 Å². The van der Waals surface area contributed by atoms with E-state index in [9.17, 15) is 8.42 Å². The molecule has 4 aromatic rings. The van der Waals surface area contributed by atoms with Crippen LogP contribution in [-0.4, -0.2) is 72.7 Å².